The van der Waals surface area contributed by atoms with Gasteiger partial charge >= 0.3 is 0 Å². The second kappa shape index (κ2) is 4.87. The Kier molecular flexibility index (Phi) is 3.18. The molecule has 0 heterocycles. The molecule has 0 bridgehead atoms. The van der Waals surface area contributed by atoms with Gasteiger partial charge in [0.25, 0.3) is 0 Å². The third kappa shape index (κ3) is 2.06. The van der Waals surface area contributed by atoms with Crippen LogP contribution in [-0.2, 0) is 14.6 Å². The van der Waals surface area contributed by atoms with Gasteiger partial charge in [0.15, 0.2) is 9.84 Å². The summed E-state index contributed by atoms with van der Waals surface area (Å²) in [5, 5.41) is -0.634. The van der Waals surface area contributed by atoms with E-state index in [2.05, 4.69) is 0 Å². The van der Waals surface area contributed by atoms with E-state index in [0.717, 1.165) is 11.8 Å². The van der Waals surface area contributed by atoms with E-state index in [0.29, 0.717) is 0 Å². The normalized spacial score (nSPS) is 25.1. The Morgan fingerprint density at radius 3 is 1.95 bits per heavy atom. The van der Waals surface area contributed by atoms with Crippen LogP contribution in [0.4, 0.5) is 0 Å². The highest BCUT2D eigenvalue weighted by Crippen LogP contribution is 2.52. The van der Waals surface area contributed by atoms with E-state index < -0.39 is 21.0 Å². The first-order valence-corrected chi connectivity index (χ1v) is 8.00. The monoisotopic (exact) mass is 286 g/mol. The summed E-state index contributed by atoms with van der Waals surface area (Å²) in [6, 6.07) is 17.7. The predicted molar refractivity (Wildman–Crippen MR) is 76.2 cm³/mol. The van der Waals surface area contributed by atoms with Gasteiger partial charge < -0.3 is 4.79 Å². The van der Waals surface area contributed by atoms with Gasteiger partial charge in [0.05, 0.1) is 10.1 Å². The van der Waals surface area contributed by atoms with Crippen LogP contribution in [0.3, 0.4) is 0 Å². The molecule has 3 rings (SSSR count). The molecular weight excluding hydrogens is 272 g/mol. The minimum absolute atomic E-state index is 0.223. The Morgan fingerprint density at radius 2 is 1.40 bits per heavy atom. The fourth-order valence-electron chi connectivity index (χ4n) is 2.72. The zero-order valence-electron chi connectivity index (χ0n) is 10.7. The molecule has 1 aliphatic carbocycles. The Labute approximate surface area is 118 Å². The van der Waals surface area contributed by atoms with Crippen LogP contribution in [0.5, 0.6) is 0 Å². The molecule has 3 atom stereocenters. The standard InChI is InChI=1S/C16H14O3S/c17-11-14-15(12-7-3-1-4-8-12)16(14)20(18,19)13-9-5-2-6-10-13/h1-11,14-16H/t14-,15-,16+/m1/s1. The van der Waals surface area contributed by atoms with Crippen molar-refractivity contribution in [2.75, 3.05) is 0 Å². The molecule has 4 heteroatoms. The van der Waals surface area contributed by atoms with Crippen molar-refractivity contribution in [2.45, 2.75) is 16.1 Å². The molecule has 20 heavy (non-hydrogen) atoms. The van der Waals surface area contributed by atoms with Crippen molar-refractivity contribution in [3.8, 4) is 0 Å². The minimum Gasteiger partial charge on any atom is -0.303 e. The zero-order chi connectivity index (χ0) is 14.2. The first kappa shape index (κ1) is 13.1. The summed E-state index contributed by atoms with van der Waals surface area (Å²) in [5.41, 5.74) is 0.911. The van der Waals surface area contributed by atoms with Gasteiger partial charge in [-0.3, -0.25) is 0 Å². The lowest BCUT2D eigenvalue weighted by Crippen LogP contribution is -2.10. The molecular formula is C16H14O3S. The zero-order valence-corrected chi connectivity index (χ0v) is 11.5. The number of carbonyl (C=O) groups is 1. The third-order valence-electron chi connectivity index (χ3n) is 3.78. The topological polar surface area (TPSA) is 51.2 Å². The summed E-state index contributed by atoms with van der Waals surface area (Å²) in [6.07, 6.45) is 0.767. The highest BCUT2D eigenvalue weighted by molar-refractivity contribution is 7.92. The van der Waals surface area contributed by atoms with Crippen LogP contribution in [0, 0.1) is 5.92 Å². The molecule has 0 N–H and O–H groups in total. The molecule has 0 amide bonds. The maximum Gasteiger partial charge on any atom is 0.182 e. The first-order valence-electron chi connectivity index (χ1n) is 6.45. The molecule has 1 saturated carbocycles. The number of rotatable bonds is 4. The van der Waals surface area contributed by atoms with Crippen LogP contribution in [0.2, 0.25) is 0 Å². The van der Waals surface area contributed by atoms with Gasteiger partial charge in [0.2, 0.25) is 0 Å². The summed E-state index contributed by atoms with van der Waals surface area (Å²) < 4.78 is 25.2. The second-order valence-corrected chi connectivity index (χ2v) is 7.08. The number of hydrogen-bond donors (Lipinski definition) is 0. The lowest BCUT2D eigenvalue weighted by molar-refractivity contribution is -0.108. The SMILES string of the molecule is O=C[C@@H]1[C@@H](c2ccccc2)[C@H]1S(=O)(=O)c1ccccc1. The highest BCUT2D eigenvalue weighted by atomic mass is 32.2. The molecule has 1 fully saturated rings. The summed E-state index contributed by atoms with van der Waals surface area (Å²) in [5.74, 6) is -0.665. The average molecular weight is 286 g/mol. The third-order valence-corrected chi connectivity index (χ3v) is 6.03. The van der Waals surface area contributed by atoms with Crippen LogP contribution in [-0.4, -0.2) is 20.0 Å². The molecule has 102 valence electrons. The fourth-order valence-corrected chi connectivity index (χ4v) is 4.85. The van der Waals surface area contributed by atoms with E-state index in [1.807, 2.05) is 30.3 Å². The van der Waals surface area contributed by atoms with Gasteiger partial charge in [-0.25, -0.2) is 8.42 Å². The first-order chi connectivity index (χ1) is 9.66. The molecule has 0 aromatic heterocycles. The van der Waals surface area contributed by atoms with Crippen molar-refractivity contribution in [3.63, 3.8) is 0 Å². The van der Waals surface area contributed by atoms with Crippen molar-refractivity contribution >= 4 is 16.1 Å². The van der Waals surface area contributed by atoms with Gasteiger partial charge in [-0.15, -0.1) is 0 Å². The number of benzene rings is 2. The fraction of sp³-hybridized carbons (Fsp3) is 0.188. The number of carbonyl (C=O) groups excluding carboxylic acids is 1. The predicted octanol–water partition coefficient (Wildman–Crippen LogP) is 2.44. The van der Waals surface area contributed by atoms with E-state index in [-0.39, 0.29) is 10.8 Å². The molecule has 0 spiro atoms. The summed E-state index contributed by atoms with van der Waals surface area (Å²) >= 11 is 0. The van der Waals surface area contributed by atoms with Crippen molar-refractivity contribution in [1.29, 1.82) is 0 Å². The van der Waals surface area contributed by atoms with E-state index in [1.165, 1.54) is 0 Å². The largest absolute Gasteiger partial charge is 0.303 e. The quantitative estimate of drug-likeness (QED) is 0.811. The maximum atomic E-state index is 12.6. The Morgan fingerprint density at radius 1 is 0.850 bits per heavy atom. The molecule has 2 aromatic carbocycles. The van der Waals surface area contributed by atoms with E-state index >= 15 is 0 Å². The van der Waals surface area contributed by atoms with Gasteiger partial charge in [-0.1, -0.05) is 48.5 Å². The van der Waals surface area contributed by atoms with Gasteiger partial charge in [-0.05, 0) is 17.7 Å². The Hall–Kier alpha value is -1.94. The summed E-state index contributed by atoms with van der Waals surface area (Å²) in [6.45, 7) is 0. The molecule has 0 saturated heterocycles. The number of sulfone groups is 1. The van der Waals surface area contributed by atoms with Crippen molar-refractivity contribution in [3.05, 3.63) is 66.2 Å². The molecule has 0 radical (unpaired) electrons. The van der Waals surface area contributed by atoms with Gasteiger partial charge in [-0.2, -0.15) is 0 Å². The smallest absolute Gasteiger partial charge is 0.182 e. The number of hydrogen-bond acceptors (Lipinski definition) is 3. The lowest BCUT2D eigenvalue weighted by Gasteiger charge is -2.03. The Balaban J connectivity index is 1.97. The average Bonchev–Trinajstić information content (AvgIpc) is 3.24. The van der Waals surface area contributed by atoms with Crippen molar-refractivity contribution in [1.82, 2.24) is 0 Å². The van der Waals surface area contributed by atoms with E-state index in [4.69, 9.17) is 0 Å². The Bertz CT molecular complexity index is 708. The highest BCUT2D eigenvalue weighted by Gasteiger charge is 2.58. The van der Waals surface area contributed by atoms with Crippen molar-refractivity contribution < 1.29 is 13.2 Å². The molecule has 2 aromatic rings. The van der Waals surface area contributed by atoms with Crippen LogP contribution >= 0.6 is 0 Å². The van der Waals surface area contributed by atoms with Crippen LogP contribution in [0.15, 0.2) is 65.6 Å². The summed E-state index contributed by atoms with van der Waals surface area (Å²) in [7, 11) is -3.46. The number of aldehydes is 1. The minimum atomic E-state index is -3.46. The second-order valence-electron chi connectivity index (χ2n) is 4.97. The van der Waals surface area contributed by atoms with E-state index in [9.17, 15) is 13.2 Å². The maximum absolute atomic E-state index is 12.6. The van der Waals surface area contributed by atoms with Crippen LogP contribution in [0.25, 0.3) is 0 Å². The van der Waals surface area contributed by atoms with Crippen LogP contribution in [0.1, 0.15) is 11.5 Å². The van der Waals surface area contributed by atoms with Crippen molar-refractivity contribution in [2.24, 2.45) is 5.92 Å². The molecule has 1 aliphatic rings. The lowest BCUT2D eigenvalue weighted by atomic mass is 10.1. The van der Waals surface area contributed by atoms with Crippen LogP contribution < -0.4 is 0 Å². The van der Waals surface area contributed by atoms with Gasteiger partial charge in [0.1, 0.15) is 6.29 Å². The molecule has 0 aliphatic heterocycles. The molecule has 0 unspecified atom stereocenters. The summed E-state index contributed by atoms with van der Waals surface area (Å²) in [4.78, 5) is 11.5. The molecule has 3 nitrogen and oxygen atoms in total. The van der Waals surface area contributed by atoms with Gasteiger partial charge in [0, 0.05) is 11.8 Å². The van der Waals surface area contributed by atoms with E-state index in [1.54, 1.807) is 30.3 Å².